The minimum absolute atomic E-state index is 0.673. The molecule has 6 nitrogen and oxygen atoms in total. The maximum atomic E-state index is 5.29. The zero-order valence-corrected chi connectivity index (χ0v) is 14.5. The molecule has 0 atom stereocenters. The van der Waals surface area contributed by atoms with Crippen LogP contribution in [0.1, 0.15) is 29.2 Å². The van der Waals surface area contributed by atoms with Gasteiger partial charge in [0.05, 0.1) is 23.6 Å². The van der Waals surface area contributed by atoms with Crippen molar-refractivity contribution in [3.63, 3.8) is 0 Å². The molecule has 2 heterocycles. The molecule has 0 saturated heterocycles. The highest BCUT2D eigenvalue weighted by Gasteiger charge is 2.03. The van der Waals surface area contributed by atoms with Gasteiger partial charge in [0.2, 0.25) is 0 Å². The van der Waals surface area contributed by atoms with Crippen LogP contribution in [0.4, 0.5) is 0 Å². The lowest BCUT2D eigenvalue weighted by Crippen LogP contribution is -2.36. The average Bonchev–Trinajstić information content (AvgIpc) is 2.94. The first-order chi connectivity index (χ1) is 10.5. The molecule has 0 spiro atoms. The van der Waals surface area contributed by atoms with E-state index in [9.17, 15) is 0 Å². The summed E-state index contributed by atoms with van der Waals surface area (Å²) >= 11 is 5.29. The fraction of sp³-hybridized carbons (Fsp3) is 0.533. The van der Waals surface area contributed by atoms with E-state index in [1.54, 1.807) is 0 Å². The molecule has 0 fully saturated rings. The lowest BCUT2D eigenvalue weighted by molar-refractivity contribution is 0.556. The largest absolute Gasteiger partial charge is 0.363 e. The molecule has 2 aromatic rings. The molecule has 0 aromatic carbocycles. The van der Waals surface area contributed by atoms with Gasteiger partial charge in [0, 0.05) is 25.8 Å². The van der Waals surface area contributed by atoms with Crippen LogP contribution in [0.15, 0.2) is 12.1 Å². The summed E-state index contributed by atoms with van der Waals surface area (Å²) in [5.41, 5.74) is 4.39. The SMILES string of the molecule is Cc1cc(CNC(=S)NCCCn2nc(C)cc2C)n(C)n1. The van der Waals surface area contributed by atoms with Crippen molar-refractivity contribution >= 4 is 17.3 Å². The molecule has 7 heteroatoms. The van der Waals surface area contributed by atoms with Crippen molar-refractivity contribution in [1.82, 2.24) is 30.2 Å². The van der Waals surface area contributed by atoms with E-state index in [0.717, 1.165) is 36.6 Å². The number of nitrogens with zero attached hydrogens (tertiary/aromatic N) is 4. The van der Waals surface area contributed by atoms with E-state index in [2.05, 4.69) is 39.9 Å². The molecule has 2 N–H and O–H groups in total. The van der Waals surface area contributed by atoms with Crippen molar-refractivity contribution in [2.24, 2.45) is 7.05 Å². The predicted molar refractivity (Wildman–Crippen MR) is 91.7 cm³/mol. The number of hydrogen-bond donors (Lipinski definition) is 2. The van der Waals surface area contributed by atoms with Gasteiger partial charge in [0.25, 0.3) is 0 Å². The molecule has 0 unspecified atom stereocenters. The molecule has 0 amide bonds. The van der Waals surface area contributed by atoms with Crippen LogP contribution in [0.2, 0.25) is 0 Å². The van der Waals surface area contributed by atoms with E-state index in [1.165, 1.54) is 5.69 Å². The standard InChI is InChI=1S/C15H24N6S/c1-11-8-13(3)21(19-11)7-5-6-16-15(22)17-10-14-9-12(2)18-20(14)4/h8-9H,5-7,10H2,1-4H3,(H2,16,17,22). The van der Waals surface area contributed by atoms with Gasteiger partial charge in [0.1, 0.15) is 0 Å². The summed E-state index contributed by atoms with van der Waals surface area (Å²) in [5.74, 6) is 0. The molecule has 22 heavy (non-hydrogen) atoms. The fourth-order valence-corrected chi connectivity index (χ4v) is 2.57. The highest BCUT2D eigenvalue weighted by molar-refractivity contribution is 7.80. The van der Waals surface area contributed by atoms with Crippen molar-refractivity contribution in [3.05, 3.63) is 34.9 Å². The summed E-state index contributed by atoms with van der Waals surface area (Å²) < 4.78 is 3.90. The highest BCUT2D eigenvalue weighted by atomic mass is 32.1. The first-order valence-electron chi connectivity index (χ1n) is 7.48. The molecule has 2 rings (SSSR count). The zero-order chi connectivity index (χ0) is 16.1. The highest BCUT2D eigenvalue weighted by Crippen LogP contribution is 2.02. The number of aryl methyl sites for hydroxylation is 5. The monoisotopic (exact) mass is 320 g/mol. The summed E-state index contributed by atoms with van der Waals surface area (Å²) in [6, 6.07) is 4.15. The van der Waals surface area contributed by atoms with Crippen LogP contribution in [-0.2, 0) is 20.1 Å². The summed E-state index contributed by atoms with van der Waals surface area (Å²) in [7, 11) is 1.94. The van der Waals surface area contributed by atoms with Crippen molar-refractivity contribution in [3.8, 4) is 0 Å². The van der Waals surface area contributed by atoms with Gasteiger partial charge in [-0.3, -0.25) is 9.36 Å². The molecule has 2 aromatic heterocycles. The minimum atomic E-state index is 0.673. The number of aromatic nitrogens is 4. The van der Waals surface area contributed by atoms with E-state index in [-0.39, 0.29) is 0 Å². The Morgan fingerprint density at radius 3 is 2.45 bits per heavy atom. The van der Waals surface area contributed by atoms with Crippen LogP contribution < -0.4 is 10.6 Å². The molecule has 0 aliphatic carbocycles. The Kier molecular flexibility index (Phi) is 5.54. The van der Waals surface area contributed by atoms with Crippen LogP contribution in [0.5, 0.6) is 0 Å². The number of rotatable bonds is 6. The Bertz CT molecular complexity index is 642. The molecule has 0 radical (unpaired) electrons. The topological polar surface area (TPSA) is 59.7 Å². The van der Waals surface area contributed by atoms with E-state index < -0.39 is 0 Å². The van der Waals surface area contributed by atoms with Crippen LogP contribution in [0, 0.1) is 20.8 Å². The Morgan fingerprint density at radius 1 is 1.14 bits per heavy atom. The smallest absolute Gasteiger partial charge is 0.166 e. The van der Waals surface area contributed by atoms with Crippen LogP contribution in [0.25, 0.3) is 0 Å². The molecular weight excluding hydrogens is 296 g/mol. The van der Waals surface area contributed by atoms with Gasteiger partial charge in [-0.1, -0.05) is 0 Å². The summed E-state index contributed by atoms with van der Waals surface area (Å²) in [4.78, 5) is 0. The Morgan fingerprint density at radius 2 is 1.86 bits per heavy atom. The average molecular weight is 320 g/mol. The third kappa shape index (κ3) is 4.56. The van der Waals surface area contributed by atoms with Gasteiger partial charge in [-0.25, -0.2) is 0 Å². The Hall–Kier alpha value is -1.89. The van der Waals surface area contributed by atoms with Gasteiger partial charge in [0.15, 0.2) is 5.11 Å². The van der Waals surface area contributed by atoms with Gasteiger partial charge in [-0.15, -0.1) is 0 Å². The summed E-state index contributed by atoms with van der Waals surface area (Å²) in [5, 5.41) is 15.9. The minimum Gasteiger partial charge on any atom is -0.363 e. The van der Waals surface area contributed by atoms with Gasteiger partial charge in [-0.2, -0.15) is 10.2 Å². The van der Waals surface area contributed by atoms with E-state index >= 15 is 0 Å². The van der Waals surface area contributed by atoms with Gasteiger partial charge in [-0.05, 0) is 51.5 Å². The van der Waals surface area contributed by atoms with E-state index in [4.69, 9.17) is 12.2 Å². The second kappa shape index (κ2) is 7.40. The first-order valence-corrected chi connectivity index (χ1v) is 7.89. The lowest BCUT2D eigenvalue weighted by atomic mass is 10.3. The number of thiocarbonyl (C=S) groups is 1. The second-order valence-electron chi connectivity index (χ2n) is 5.51. The maximum absolute atomic E-state index is 5.29. The Balaban J connectivity index is 1.65. The fourth-order valence-electron chi connectivity index (χ4n) is 2.40. The maximum Gasteiger partial charge on any atom is 0.166 e. The molecular formula is C15H24N6S. The second-order valence-corrected chi connectivity index (χ2v) is 5.92. The molecule has 0 aliphatic heterocycles. The van der Waals surface area contributed by atoms with Gasteiger partial charge < -0.3 is 10.6 Å². The number of nitrogens with one attached hydrogen (secondary N) is 2. The molecule has 0 bridgehead atoms. The molecule has 120 valence electrons. The van der Waals surface area contributed by atoms with Crippen LogP contribution in [0.3, 0.4) is 0 Å². The van der Waals surface area contributed by atoms with Crippen molar-refractivity contribution < 1.29 is 0 Å². The van der Waals surface area contributed by atoms with Crippen molar-refractivity contribution in [1.29, 1.82) is 0 Å². The predicted octanol–water partition coefficient (Wildman–Crippen LogP) is 1.60. The summed E-state index contributed by atoms with van der Waals surface area (Å²) in [6.07, 6.45) is 0.981. The first kappa shape index (κ1) is 16.5. The van der Waals surface area contributed by atoms with E-state index in [0.29, 0.717) is 11.7 Å². The number of hydrogen-bond acceptors (Lipinski definition) is 3. The van der Waals surface area contributed by atoms with Crippen LogP contribution in [-0.4, -0.2) is 31.2 Å². The Labute approximate surface area is 136 Å². The van der Waals surface area contributed by atoms with Gasteiger partial charge >= 0.3 is 0 Å². The quantitative estimate of drug-likeness (QED) is 0.625. The van der Waals surface area contributed by atoms with E-state index in [1.807, 2.05) is 30.3 Å². The van der Waals surface area contributed by atoms with Crippen molar-refractivity contribution in [2.75, 3.05) is 6.54 Å². The lowest BCUT2D eigenvalue weighted by Gasteiger charge is -2.11. The third-order valence-electron chi connectivity index (χ3n) is 3.46. The van der Waals surface area contributed by atoms with Crippen molar-refractivity contribution in [2.45, 2.75) is 40.3 Å². The van der Waals surface area contributed by atoms with Crippen LogP contribution >= 0.6 is 12.2 Å². The summed E-state index contributed by atoms with van der Waals surface area (Å²) in [6.45, 7) is 8.49. The molecule has 0 saturated carbocycles. The zero-order valence-electron chi connectivity index (χ0n) is 13.7. The third-order valence-corrected chi connectivity index (χ3v) is 3.75. The normalized spacial score (nSPS) is 10.7. The molecule has 0 aliphatic rings.